The molecular formula is C14H11NO. The molecule has 2 heteroatoms. The minimum absolute atomic E-state index is 0.0632. The summed E-state index contributed by atoms with van der Waals surface area (Å²) in [6.45, 7) is 1.50. The molecule has 1 heterocycles. The molecule has 0 spiro atoms. The first-order valence-electron chi connectivity index (χ1n) is 6.10. The highest BCUT2D eigenvalue weighted by atomic mass is 16.1. The number of Topliss-reactive ketones (excluding diaryl/α,β-unsaturated/α-hetero) is 1. The zero-order chi connectivity index (χ0) is 12.9. The van der Waals surface area contributed by atoms with Crippen LogP contribution < -0.4 is 0 Å². The normalized spacial score (nSPS) is 12.8. The summed E-state index contributed by atoms with van der Waals surface area (Å²) in [4.78, 5) is 14.8. The van der Waals surface area contributed by atoms with Gasteiger partial charge in [0, 0.05) is 21.9 Å². The molecule has 0 saturated heterocycles. The van der Waals surface area contributed by atoms with Crippen molar-refractivity contribution in [3.8, 4) is 0 Å². The largest absolute Gasteiger partial charge is 0.354 e. The molecule has 0 atom stereocenters. The van der Waals surface area contributed by atoms with Crippen molar-refractivity contribution in [2.45, 2.75) is 6.92 Å². The van der Waals surface area contributed by atoms with Crippen LogP contribution in [-0.2, 0) is 0 Å². The number of rotatable bonds is 1. The lowest BCUT2D eigenvalue weighted by Crippen LogP contribution is -1.92. The molecule has 0 aliphatic carbocycles. The number of carbonyl (C=O) groups is 1. The maximum Gasteiger partial charge on any atom is 0.161 e. The van der Waals surface area contributed by atoms with Gasteiger partial charge in [-0.05, 0) is 19.1 Å². The first-order valence-corrected chi connectivity index (χ1v) is 5.10. The number of hydrogen-bond donors (Lipinski definition) is 1. The summed E-state index contributed by atoms with van der Waals surface area (Å²) in [6.07, 6.45) is 0. The molecule has 2 aromatic carbocycles. The number of benzene rings is 2. The molecule has 0 aliphatic heterocycles. The van der Waals surface area contributed by atoms with Gasteiger partial charge in [0.1, 0.15) is 0 Å². The number of carbonyl (C=O) groups excluding carboxylic acids is 1. The van der Waals surface area contributed by atoms with E-state index in [1.54, 1.807) is 24.3 Å². The van der Waals surface area contributed by atoms with Gasteiger partial charge in [0.2, 0.25) is 0 Å². The Hall–Kier alpha value is -2.09. The average Bonchev–Trinajstić information content (AvgIpc) is 2.66. The Morgan fingerprint density at radius 2 is 2.00 bits per heavy atom. The molecule has 1 N–H and O–H groups in total. The molecule has 3 aromatic rings. The number of ketones is 1. The predicted molar refractivity (Wildman–Crippen MR) is 65.8 cm³/mol. The molecule has 16 heavy (non-hydrogen) atoms. The summed E-state index contributed by atoms with van der Waals surface area (Å²) < 4.78 is 15.4. The zero-order valence-corrected chi connectivity index (χ0v) is 8.79. The van der Waals surface area contributed by atoms with E-state index in [4.69, 9.17) is 2.74 Å². The van der Waals surface area contributed by atoms with Crippen LogP contribution >= 0.6 is 0 Å². The van der Waals surface area contributed by atoms with E-state index in [-0.39, 0.29) is 5.78 Å². The number of H-pyrrole nitrogens is 1. The van der Waals surface area contributed by atoms with Crippen molar-refractivity contribution in [3.63, 3.8) is 0 Å². The summed E-state index contributed by atoms with van der Waals surface area (Å²) in [5.74, 6) is -0.0632. The summed E-state index contributed by atoms with van der Waals surface area (Å²) in [6, 6.07) is 9.30. The van der Waals surface area contributed by atoms with Crippen molar-refractivity contribution >= 4 is 27.6 Å². The van der Waals surface area contributed by atoms with Gasteiger partial charge in [-0.3, -0.25) is 4.79 Å². The topological polar surface area (TPSA) is 32.9 Å². The second kappa shape index (κ2) is 3.20. The Labute approximate surface area is 95.7 Å². The van der Waals surface area contributed by atoms with Crippen LogP contribution in [-0.4, -0.2) is 10.8 Å². The van der Waals surface area contributed by atoms with Crippen LogP contribution in [0, 0.1) is 0 Å². The van der Waals surface area contributed by atoms with Gasteiger partial charge in [0.05, 0.1) is 8.26 Å². The Bertz CT molecular complexity index is 789. The van der Waals surface area contributed by atoms with Gasteiger partial charge >= 0.3 is 0 Å². The SMILES string of the molecule is [2H]c1ccc2[nH]c3c(C(C)=O)cc([2H])cc3c2c1. The quantitative estimate of drug-likeness (QED) is 0.614. The Morgan fingerprint density at radius 3 is 2.81 bits per heavy atom. The van der Waals surface area contributed by atoms with Crippen LogP contribution in [0.2, 0.25) is 0 Å². The molecule has 2 nitrogen and oxygen atoms in total. The van der Waals surface area contributed by atoms with Crippen molar-refractivity contribution in [1.29, 1.82) is 0 Å². The number of aromatic amines is 1. The lowest BCUT2D eigenvalue weighted by atomic mass is 10.1. The van der Waals surface area contributed by atoms with E-state index in [2.05, 4.69) is 4.98 Å². The van der Waals surface area contributed by atoms with E-state index >= 15 is 0 Å². The van der Waals surface area contributed by atoms with E-state index in [9.17, 15) is 4.79 Å². The number of nitrogens with one attached hydrogen (secondary N) is 1. The van der Waals surface area contributed by atoms with Gasteiger partial charge in [-0.1, -0.05) is 30.3 Å². The van der Waals surface area contributed by atoms with E-state index in [1.807, 2.05) is 6.07 Å². The molecule has 0 radical (unpaired) electrons. The van der Waals surface area contributed by atoms with E-state index in [1.165, 1.54) is 6.92 Å². The van der Waals surface area contributed by atoms with Crippen molar-refractivity contribution in [2.24, 2.45) is 0 Å². The van der Waals surface area contributed by atoms with Gasteiger partial charge in [-0.2, -0.15) is 0 Å². The number of aromatic nitrogens is 1. The maximum absolute atomic E-state index is 11.6. The van der Waals surface area contributed by atoms with Crippen LogP contribution in [0.25, 0.3) is 21.8 Å². The van der Waals surface area contributed by atoms with Gasteiger partial charge in [-0.25, -0.2) is 0 Å². The van der Waals surface area contributed by atoms with Crippen molar-refractivity contribution in [2.75, 3.05) is 0 Å². The molecule has 0 bridgehead atoms. The molecular weight excluding hydrogens is 198 g/mol. The van der Waals surface area contributed by atoms with Crippen LogP contribution in [0.1, 0.15) is 20.0 Å². The molecule has 78 valence electrons. The Kier molecular flexibility index (Phi) is 1.45. The zero-order valence-electron chi connectivity index (χ0n) is 10.8. The molecule has 0 amide bonds. The highest BCUT2D eigenvalue weighted by molar-refractivity contribution is 6.14. The minimum Gasteiger partial charge on any atom is -0.354 e. The molecule has 0 saturated carbocycles. The van der Waals surface area contributed by atoms with Crippen molar-refractivity contribution < 1.29 is 7.54 Å². The summed E-state index contributed by atoms with van der Waals surface area (Å²) in [5, 5.41) is 1.71. The minimum atomic E-state index is -0.0632. The number of fused-ring (bicyclic) bond motifs is 3. The first-order chi connectivity index (χ1) is 8.56. The van der Waals surface area contributed by atoms with E-state index in [0.29, 0.717) is 17.6 Å². The standard InChI is InChI=1S/C14H11NO/c1-9(16)10-6-4-7-12-11-5-2-3-8-13(11)15-14(10)12/h2-8,15H,1H3/i2D,4D. The lowest BCUT2D eigenvalue weighted by Gasteiger charge is -1.97. The highest BCUT2D eigenvalue weighted by Crippen LogP contribution is 2.27. The number of para-hydroxylation sites is 2. The fourth-order valence-corrected chi connectivity index (χ4v) is 2.02. The second-order valence-corrected chi connectivity index (χ2v) is 3.81. The van der Waals surface area contributed by atoms with Gasteiger partial charge in [-0.15, -0.1) is 0 Å². The van der Waals surface area contributed by atoms with E-state index in [0.717, 1.165) is 21.8 Å². The Balaban J connectivity index is 2.54. The van der Waals surface area contributed by atoms with Crippen LogP contribution in [0.4, 0.5) is 0 Å². The fourth-order valence-electron chi connectivity index (χ4n) is 2.02. The van der Waals surface area contributed by atoms with Crippen LogP contribution in [0.15, 0.2) is 42.4 Å². The molecule has 0 fully saturated rings. The summed E-state index contributed by atoms with van der Waals surface area (Å²) >= 11 is 0. The lowest BCUT2D eigenvalue weighted by molar-refractivity contribution is 0.101. The van der Waals surface area contributed by atoms with Gasteiger partial charge in [0.25, 0.3) is 0 Å². The third-order valence-corrected chi connectivity index (χ3v) is 2.79. The van der Waals surface area contributed by atoms with Crippen LogP contribution in [0.5, 0.6) is 0 Å². The maximum atomic E-state index is 11.6. The third kappa shape index (κ3) is 1.16. The second-order valence-electron chi connectivity index (χ2n) is 3.81. The van der Waals surface area contributed by atoms with Crippen LogP contribution in [0.3, 0.4) is 0 Å². The smallest absolute Gasteiger partial charge is 0.161 e. The average molecular weight is 211 g/mol. The highest BCUT2D eigenvalue weighted by Gasteiger charge is 2.09. The van der Waals surface area contributed by atoms with E-state index < -0.39 is 0 Å². The molecule has 3 rings (SSSR count). The molecule has 0 unspecified atom stereocenters. The number of hydrogen-bond acceptors (Lipinski definition) is 1. The third-order valence-electron chi connectivity index (χ3n) is 2.79. The fraction of sp³-hybridized carbons (Fsp3) is 0.0714. The predicted octanol–water partition coefficient (Wildman–Crippen LogP) is 3.52. The van der Waals surface area contributed by atoms with Gasteiger partial charge in [0.15, 0.2) is 5.78 Å². The summed E-state index contributed by atoms with van der Waals surface area (Å²) in [7, 11) is 0. The molecule has 0 aliphatic rings. The first kappa shape index (κ1) is 7.23. The summed E-state index contributed by atoms with van der Waals surface area (Å²) in [5.41, 5.74) is 2.16. The monoisotopic (exact) mass is 211 g/mol. The molecule has 1 aromatic heterocycles. The van der Waals surface area contributed by atoms with Crippen molar-refractivity contribution in [1.82, 2.24) is 4.98 Å². The van der Waals surface area contributed by atoms with Gasteiger partial charge < -0.3 is 4.98 Å². The Morgan fingerprint density at radius 1 is 1.19 bits per heavy atom. The van der Waals surface area contributed by atoms with Crippen molar-refractivity contribution in [3.05, 3.63) is 48.0 Å².